The minimum Gasteiger partial charge on any atom is -0.507 e. The van der Waals surface area contributed by atoms with Crippen LogP contribution in [-0.4, -0.2) is 5.11 Å². The largest absolute Gasteiger partial charge is 0.507 e. The van der Waals surface area contributed by atoms with Crippen LogP contribution in [0.4, 0.5) is 5.69 Å². The molecule has 0 heterocycles. The molecule has 3 rings (SSSR count). The van der Waals surface area contributed by atoms with Gasteiger partial charge in [-0.25, -0.2) is 0 Å². The van der Waals surface area contributed by atoms with Gasteiger partial charge in [0, 0.05) is 16.7 Å². The molecule has 3 aromatic rings. The number of rotatable bonds is 3. The number of phenols is 1. The quantitative estimate of drug-likeness (QED) is 0.586. The van der Waals surface area contributed by atoms with Gasteiger partial charge in [0.2, 0.25) is 0 Å². The molecule has 4 heteroatoms. The number of hydrogen-bond donors (Lipinski definition) is 2. The van der Waals surface area contributed by atoms with Crippen molar-refractivity contribution >= 4 is 48.3 Å². The number of fused-ring (bicyclic) bond motifs is 1. The second-order valence-corrected chi connectivity index (χ2v) is 6.62. The highest BCUT2D eigenvalue weighted by molar-refractivity contribution is 9.10. The normalized spacial score (nSPS) is 10.8. The highest BCUT2D eigenvalue weighted by Gasteiger charge is 2.01. The van der Waals surface area contributed by atoms with Crippen LogP contribution in [-0.2, 0) is 6.54 Å². The van der Waals surface area contributed by atoms with Crippen LogP contribution in [0.1, 0.15) is 5.56 Å². The predicted octanol–water partition coefficient (Wildman–Crippen LogP) is 5.68. The van der Waals surface area contributed by atoms with Gasteiger partial charge in [0.05, 0.1) is 4.47 Å². The zero-order chi connectivity index (χ0) is 14.8. The van der Waals surface area contributed by atoms with Gasteiger partial charge in [-0.05, 0) is 68.7 Å². The van der Waals surface area contributed by atoms with Crippen LogP contribution in [0, 0.1) is 0 Å². The van der Waals surface area contributed by atoms with Crippen molar-refractivity contribution in [2.75, 3.05) is 5.32 Å². The molecule has 0 fully saturated rings. The Morgan fingerprint density at radius 1 is 0.857 bits per heavy atom. The molecular weight excluding hydrogens is 394 g/mol. The first-order valence-electron chi connectivity index (χ1n) is 6.52. The van der Waals surface area contributed by atoms with Crippen molar-refractivity contribution in [3.63, 3.8) is 0 Å². The molecule has 0 bridgehead atoms. The van der Waals surface area contributed by atoms with E-state index >= 15 is 0 Å². The summed E-state index contributed by atoms with van der Waals surface area (Å²) in [6.07, 6.45) is 0. The van der Waals surface area contributed by atoms with Gasteiger partial charge in [0.25, 0.3) is 0 Å². The average molecular weight is 407 g/mol. The lowest BCUT2D eigenvalue weighted by Gasteiger charge is -2.09. The molecule has 0 aliphatic heterocycles. The number of benzene rings is 3. The Morgan fingerprint density at radius 3 is 2.43 bits per heavy atom. The van der Waals surface area contributed by atoms with Gasteiger partial charge in [0.15, 0.2) is 0 Å². The molecule has 0 saturated heterocycles. The van der Waals surface area contributed by atoms with Gasteiger partial charge < -0.3 is 10.4 Å². The Kier molecular flexibility index (Phi) is 4.17. The topological polar surface area (TPSA) is 32.3 Å². The minimum absolute atomic E-state index is 0.259. The Balaban J connectivity index is 1.78. The summed E-state index contributed by atoms with van der Waals surface area (Å²) in [6.45, 7) is 0.709. The number of hydrogen-bond acceptors (Lipinski definition) is 2. The fourth-order valence-electron chi connectivity index (χ4n) is 2.19. The first-order chi connectivity index (χ1) is 10.1. The van der Waals surface area contributed by atoms with Gasteiger partial charge in [0.1, 0.15) is 5.75 Å². The summed E-state index contributed by atoms with van der Waals surface area (Å²) < 4.78 is 1.80. The fourth-order valence-corrected chi connectivity index (χ4v) is 3.00. The van der Waals surface area contributed by atoms with Crippen LogP contribution < -0.4 is 5.32 Å². The van der Waals surface area contributed by atoms with E-state index in [4.69, 9.17) is 0 Å². The van der Waals surface area contributed by atoms with E-state index in [1.54, 1.807) is 6.07 Å². The number of phenolic OH excluding ortho intramolecular Hbond substituents is 1. The lowest BCUT2D eigenvalue weighted by molar-refractivity contribution is 0.471. The van der Waals surface area contributed by atoms with Crippen LogP contribution in [0.2, 0.25) is 0 Å². The first kappa shape index (κ1) is 14.4. The predicted molar refractivity (Wildman–Crippen MR) is 94.8 cm³/mol. The summed E-state index contributed by atoms with van der Waals surface area (Å²) in [5.74, 6) is 0.259. The lowest BCUT2D eigenvalue weighted by Crippen LogP contribution is -1.99. The molecule has 106 valence electrons. The second-order valence-electron chi connectivity index (χ2n) is 4.85. The van der Waals surface area contributed by atoms with E-state index in [1.165, 1.54) is 10.8 Å². The summed E-state index contributed by atoms with van der Waals surface area (Å²) in [4.78, 5) is 0. The smallest absolute Gasteiger partial charge is 0.129 e. The van der Waals surface area contributed by atoms with Crippen molar-refractivity contribution < 1.29 is 5.11 Å². The highest BCUT2D eigenvalue weighted by atomic mass is 79.9. The third-order valence-corrected chi connectivity index (χ3v) is 4.44. The second kappa shape index (κ2) is 6.08. The van der Waals surface area contributed by atoms with Crippen LogP contribution in [0.3, 0.4) is 0 Å². The number of anilines is 1. The molecule has 0 atom stereocenters. The fraction of sp³-hybridized carbons (Fsp3) is 0.0588. The minimum atomic E-state index is 0.259. The van der Waals surface area contributed by atoms with E-state index in [2.05, 4.69) is 67.5 Å². The maximum atomic E-state index is 9.50. The molecule has 3 aromatic carbocycles. The van der Waals surface area contributed by atoms with E-state index in [1.807, 2.05) is 18.2 Å². The Bertz CT molecular complexity index is 802. The van der Waals surface area contributed by atoms with Crippen LogP contribution >= 0.6 is 31.9 Å². The van der Waals surface area contributed by atoms with Crippen molar-refractivity contribution in [2.24, 2.45) is 0 Å². The van der Waals surface area contributed by atoms with Crippen molar-refractivity contribution in [1.82, 2.24) is 0 Å². The molecule has 0 aromatic heterocycles. The van der Waals surface area contributed by atoms with Gasteiger partial charge in [-0.15, -0.1) is 0 Å². The molecule has 0 saturated carbocycles. The monoisotopic (exact) mass is 405 g/mol. The molecule has 2 nitrogen and oxygen atoms in total. The molecule has 0 unspecified atom stereocenters. The van der Waals surface area contributed by atoms with E-state index in [9.17, 15) is 5.11 Å². The summed E-state index contributed by atoms with van der Waals surface area (Å²) in [6, 6.07) is 18.1. The Labute approximate surface area is 140 Å². The average Bonchev–Trinajstić information content (AvgIpc) is 2.48. The molecule has 0 radical (unpaired) electrons. The Hall–Kier alpha value is -1.52. The van der Waals surface area contributed by atoms with Gasteiger partial charge >= 0.3 is 0 Å². The molecule has 0 spiro atoms. The van der Waals surface area contributed by atoms with Crippen LogP contribution in [0.15, 0.2) is 63.5 Å². The standard InChI is InChI=1S/C17H13Br2NO/c18-14-4-2-13-9-15(5-3-12(13)8-14)20-10-11-1-6-17(21)16(19)7-11/h1-9,20-21H,10H2. The van der Waals surface area contributed by atoms with Crippen LogP contribution in [0.25, 0.3) is 10.8 Å². The summed E-state index contributed by atoms with van der Waals surface area (Å²) in [5, 5.41) is 15.3. The first-order valence-corrected chi connectivity index (χ1v) is 8.11. The zero-order valence-corrected chi connectivity index (χ0v) is 14.3. The van der Waals surface area contributed by atoms with Gasteiger partial charge in [-0.3, -0.25) is 0 Å². The SMILES string of the molecule is Oc1ccc(CNc2ccc3cc(Br)ccc3c2)cc1Br. The maximum absolute atomic E-state index is 9.50. The molecule has 2 N–H and O–H groups in total. The third-order valence-electron chi connectivity index (χ3n) is 3.31. The summed E-state index contributed by atoms with van der Waals surface area (Å²) in [7, 11) is 0. The third kappa shape index (κ3) is 3.39. The van der Waals surface area contributed by atoms with Crippen molar-refractivity contribution in [3.8, 4) is 5.75 Å². The van der Waals surface area contributed by atoms with Gasteiger partial charge in [-0.1, -0.05) is 34.1 Å². The van der Waals surface area contributed by atoms with E-state index in [0.29, 0.717) is 11.0 Å². The maximum Gasteiger partial charge on any atom is 0.129 e. The van der Waals surface area contributed by atoms with Crippen molar-refractivity contribution in [2.45, 2.75) is 6.54 Å². The van der Waals surface area contributed by atoms with Crippen molar-refractivity contribution in [1.29, 1.82) is 0 Å². The number of aromatic hydroxyl groups is 1. The zero-order valence-electron chi connectivity index (χ0n) is 11.1. The van der Waals surface area contributed by atoms with Gasteiger partial charge in [-0.2, -0.15) is 0 Å². The molecular formula is C17H13Br2NO. The summed E-state index contributed by atoms with van der Waals surface area (Å²) in [5.41, 5.74) is 2.18. The highest BCUT2D eigenvalue weighted by Crippen LogP contribution is 2.26. The molecule has 21 heavy (non-hydrogen) atoms. The molecule has 0 aliphatic carbocycles. The van der Waals surface area contributed by atoms with Crippen molar-refractivity contribution in [3.05, 3.63) is 69.1 Å². The van der Waals surface area contributed by atoms with E-state index < -0.39 is 0 Å². The lowest BCUT2D eigenvalue weighted by atomic mass is 10.1. The molecule has 0 amide bonds. The molecule has 0 aliphatic rings. The number of halogens is 2. The Morgan fingerprint density at radius 2 is 1.62 bits per heavy atom. The van der Waals surface area contributed by atoms with E-state index in [0.717, 1.165) is 15.7 Å². The number of nitrogens with one attached hydrogen (secondary N) is 1. The van der Waals surface area contributed by atoms with Crippen LogP contribution in [0.5, 0.6) is 5.75 Å². The summed E-state index contributed by atoms with van der Waals surface area (Å²) >= 11 is 6.81. The van der Waals surface area contributed by atoms with E-state index in [-0.39, 0.29) is 5.75 Å².